The lowest BCUT2D eigenvalue weighted by Gasteiger charge is -2.46. The quantitative estimate of drug-likeness (QED) is 0.638. The maximum Gasteiger partial charge on any atom is 0.0183 e. The first-order valence-electron chi connectivity index (χ1n) is 6.66. The van der Waals surface area contributed by atoms with Crippen LogP contribution in [0.4, 0.5) is 0 Å². The zero-order valence-corrected chi connectivity index (χ0v) is 10.5. The van der Waals surface area contributed by atoms with Crippen LogP contribution in [0, 0.1) is 5.92 Å². The summed E-state index contributed by atoms with van der Waals surface area (Å²) in [5.74, 6) is 0.698. The zero-order chi connectivity index (χ0) is 11.3. The molecule has 90 valence electrons. The lowest BCUT2D eigenvalue weighted by atomic mass is 9.65. The minimum atomic E-state index is 0.0970. The van der Waals surface area contributed by atoms with Gasteiger partial charge >= 0.3 is 0 Å². The van der Waals surface area contributed by atoms with Gasteiger partial charge in [0, 0.05) is 11.6 Å². The second kappa shape index (κ2) is 5.86. The van der Waals surface area contributed by atoms with Crippen molar-refractivity contribution in [2.45, 2.75) is 76.8 Å². The first-order chi connectivity index (χ1) is 7.12. The molecule has 0 saturated heterocycles. The molecule has 0 aromatic carbocycles. The first kappa shape index (κ1) is 13.0. The average Bonchev–Trinajstić information content (AvgIpc) is 2.14. The molecule has 2 nitrogen and oxygen atoms in total. The molecular weight excluding hydrogens is 184 g/mol. The standard InChI is InChI=1S/C13H28N2/c1-3-5-6-8-13(15,7-4-2)11-9-12(14)10-11/h11-12H,3-10,14-15H2,1-2H3. The van der Waals surface area contributed by atoms with Crippen molar-refractivity contribution < 1.29 is 0 Å². The van der Waals surface area contributed by atoms with Crippen LogP contribution in [-0.2, 0) is 0 Å². The van der Waals surface area contributed by atoms with Gasteiger partial charge in [0.15, 0.2) is 0 Å². The van der Waals surface area contributed by atoms with Crippen LogP contribution in [0.5, 0.6) is 0 Å². The summed E-state index contributed by atoms with van der Waals surface area (Å²) in [5, 5.41) is 0. The van der Waals surface area contributed by atoms with Gasteiger partial charge in [-0.25, -0.2) is 0 Å². The SMILES string of the molecule is CCCCCC(N)(CCC)C1CC(N)C1. The number of hydrogen-bond donors (Lipinski definition) is 2. The van der Waals surface area contributed by atoms with Crippen molar-refractivity contribution in [1.29, 1.82) is 0 Å². The smallest absolute Gasteiger partial charge is 0.0183 e. The van der Waals surface area contributed by atoms with Crippen molar-refractivity contribution in [3.63, 3.8) is 0 Å². The summed E-state index contributed by atoms with van der Waals surface area (Å²) >= 11 is 0. The molecule has 15 heavy (non-hydrogen) atoms. The molecule has 0 amide bonds. The van der Waals surface area contributed by atoms with E-state index >= 15 is 0 Å². The van der Waals surface area contributed by atoms with E-state index in [1.165, 1.54) is 38.5 Å². The van der Waals surface area contributed by atoms with Gasteiger partial charge in [-0.3, -0.25) is 0 Å². The number of rotatable bonds is 7. The van der Waals surface area contributed by atoms with Crippen molar-refractivity contribution in [2.24, 2.45) is 17.4 Å². The minimum Gasteiger partial charge on any atom is -0.328 e. The Labute approximate surface area is 94.8 Å². The highest BCUT2D eigenvalue weighted by molar-refractivity contribution is 4.99. The zero-order valence-electron chi connectivity index (χ0n) is 10.5. The summed E-state index contributed by atoms with van der Waals surface area (Å²) < 4.78 is 0. The van der Waals surface area contributed by atoms with Gasteiger partial charge in [0.05, 0.1) is 0 Å². The molecule has 4 N–H and O–H groups in total. The van der Waals surface area contributed by atoms with E-state index in [4.69, 9.17) is 11.5 Å². The van der Waals surface area contributed by atoms with Crippen LogP contribution in [0.3, 0.4) is 0 Å². The largest absolute Gasteiger partial charge is 0.328 e. The average molecular weight is 212 g/mol. The van der Waals surface area contributed by atoms with Crippen molar-refractivity contribution in [3.05, 3.63) is 0 Å². The first-order valence-corrected chi connectivity index (χ1v) is 6.66. The molecule has 1 saturated carbocycles. The van der Waals surface area contributed by atoms with Gasteiger partial charge < -0.3 is 11.5 Å². The second-order valence-electron chi connectivity index (χ2n) is 5.37. The van der Waals surface area contributed by atoms with Crippen LogP contribution in [0.25, 0.3) is 0 Å². The van der Waals surface area contributed by atoms with Crippen LogP contribution in [-0.4, -0.2) is 11.6 Å². The highest BCUT2D eigenvalue weighted by atomic mass is 14.8. The monoisotopic (exact) mass is 212 g/mol. The number of unbranched alkanes of at least 4 members (excludes halogenated alkanes) is 2. The summed E-state index contributed by atoms with van der Waals surface area (Å²) in [4.78, 5) is 0. The highest BCUT2D eigenvalue weighted by Crippen LogP contribution is 2.39. The van der Waals surface area contributed by atoms with Crippen LogP contribution in [0.2, 0.25) is 0 Å². The fourth-order valence-corrected chi connectivity index (χ4v) is 2.83. The van der Waals surface area contributed by atoms with E-state index in [1.54, 1.807) is 0 Å². The van der Waals surface area contributed by atoms with Crippen LogP contribution < -0.4 is 11.5 Å². The predicted octanol–water partition coefficient (Wildman–Crippen LogP) is 2.80. The van der Waals surface area contributed by atoms with E-state index in [0.29, 0.717) is 12.0 Å². The predicted molar refractivity (Wildman–Crippen MR) is 66.7 cm³/mol. The van der Waals surface area contributed by atoms with E-state index in [0.717, 1.165) is 12.8 Å². The van der Waals surface area contributed by atoms with Crippen molar-refractivity contribution in [2.75, 3.05) is 0 Å². The van der Waals surface area contributed by atoms with Crippen molar-refractivity contribution in [1.82, 2.24) is 0 Å². The third-order valence-corrected chi connectivity index (χ3v) is 3.95. The summed E-state index contributed by atoms with van der Waals surface area (Å²) in [5.41, 5.74) is 12.5. The van der Waals surface area contributed by atoms with Gasteiger partial charge in [-0.05, 0) is 31.6 Å². The molecular formula is C13H28N2. The van der Waals surface area contributed by atoms with Gasteiger partial charge in [-0.2, -0.15) is 0 Å². The lowest BCUT2D eigenvalue weighted by molar-refractivity contribution is 0.121. The Bertz CT molecular complexity index is 175. The highest BCUT2D eigenvalue weighted by Gasteiger charge is 2.40. The number of hydrogen-bond acceptors (Lipinski definition) is 2. The summed E-state index contributed by atoms with van der Waals surface area (Å²) in [7, 11) is 0. The van der Waals surface area contributed by atoms with E-state index in [-0.39, 0.29) is 5.54 Å². The molecule has 0 aromatic rings. The van der Waals surface area contributed by atoms with Crippen molar-refractivity contribution in [3.8, 4) is 0 Å². The molecule has 0 heterocycles. The molecule has 0 aliphatic heterocycles. The Hall–Kier alpha value is -0.0800. The second-order valence-corrected chi connectivity index (χ2v) is 5.37. The molecule has 0 radical (unpaired) electrons. The molecule has 1 unspecified atom stereocenters. The molecule has 0 spiro atoms. The summed E-state index contributed by atoms with van der Waals surface area (Å²) in [6, 6.07) is 0.431. The van der Waals surface area contributed by atoms with Gasteiger partial charge in [0.2, 0.25) is 0 Å². The molecule has 2 heteroatoms. The Morgan fingerprint density at radius 3 is 2.20 bits per heavy atom. The fourth-order valence-electron chi connectivity index (χ4n) is 2.83. The molecule has 1 aliphatic rings. The van der Waals surface area contributed by atoms with Gasteiger partial charge in [-0.1, -0.05) is 39.5 Å². The van der Waals surface area contributed by atoms with E-state index < -0.39 is 0 Å². The summed E-state index contributed by atoms with van der Waals surface area (Å²) in [6.45, 7) is 4.48. The van der Waals surface area contributed by atoms with Crippen LogP contribution in [0.1, 0.15) is 65.2 Å². The molecule has 1 rings (SSSR count). The molecule has 1 aliphatic carbocycles. The maximum atomic E-state index is 6.56. The molecule has 0 aromatic heterocycles. The van der Waals surface area contributed by atoms with Gasteiger partial charge in [-0.15, -0.1) is 0 Å². The third kappa shape index (κ3) is 3.46. The molecule has 1 fully saturated rings. The third-order valence-electron chi connectivity index (χ3n) is 3.95. The fraction of sp³-hybridized carbons (Fsp3) is 1.00. The topological polar surface area (TPSA) is 52.0 Å². The Morgan fingerprint density at radius 2 is 1.73 bits per heavy atom. The minimum absolute atomic E-state index is 0.0970. The maximum absolute atomic E-state index is 6.56. The van der Waals surface area contributed by atoms with Gasteiger partial charge in [0.1, 0.15) is 0 Å². The summed E-state index contributed by atoms with van der Waals surface area (Å²) in [6.07, 6.45) is 9.78. The lowest BCUT2D eigenvalue weighted by Crippen LogP contribution is -2.55. The van der Waals surface area contributed by atoms with Crippen LogP contribution in [0.15, 0.2) is 0 Å². The molecule has 0 bridgehead atoms. The molecule has 1 atom stereocenters. The van der Waals surface area contributed by atoms with E-state index in [2.05, 4.69) is 13.8 Å². The van der Waals surface area contributed by atoms with E-state index in [9.17, 15) is 0 Å². The van der Waals surface area contributed by atoms with Gasteiger partial charge in [0.25, 0.3) is 0 Å². The number of nitrogens with two attached hydrogens (primary N) is 2. The Kier molecular flexibility index (Phi) is 5.07. The van der Waals surface area contributed by atoms with Crippen molar-refractivity contribution >= 4 is 0 Å². The Balaban J connectivity index is 2.38. The normalized spacial score (nSPS) is 29.6. The Morgan fingerprint density at radius 1 is 1.07 bits per heavy atom. The van der Waals surface area contributed by atoms with E-state index in [1.807, 2.05) is 0 Å². The van der Waals surface area contributed by atoms with Crippen LogP contribution >= 0.6 is 0 Å².